The molecule has 10 N–H and O–H groups in total. The predicted molar refractivity (Wildman–Crippen MR) is 337 cm³/mol. The Morgan fingerprint density at radius 1 is 0.521 bits per heavy atom. The van der Waals surface area contributed by atoms with Crippen molar-refractivity contribution in [3.63, 3.8) is 0 Å². The summed E-state index contributed by atoms with van der Waals surface area (Å²) in [5, 5.41) is 5.04. The summed E-state index contributed by atoms with van der Waals surface area (Å²) in [6.07, 6.45) is 2.28. The van der Waals surface area contributed by atoms with Gasteiger partial charge in [-0.05, 0) is 177 Å². The third-order valence-electron chi connectivity index (χ3n) is 7.30. The van der Waals surface area contributed by atoms with Crippen LogP contribution in [-0.2, 0) is 50.0 Å². The van der Waals surface area contributed by atoms with Gasteiger partial charge in [-0.3, -0.25) is 9.41 Å². The first-order valence-electron chi connectivity index (χ1n) is 23.6. The van der Waals surface area contributed by atoms with E-state index < -0.39 is 42.3 Å². The number of hydrogen-bond acceptors (Lipinski definition) is 11. The van der Waals surface area contributed by atoms with Crippen molar-refractivity contribution >= 4 is 86.8 Å². The maximum Gasteiger partial charge on any atom is 1.00 e. The van der Waals surface area contributed by atoms with Gasteiger partial charge in [0.1, 0.15) is 39.6 Å². The normalized spacial score (nSPS) is 9.54. The van der Waals surface area contributed by atoms with Gasteiger partial charge in [-0.1, -0.05) is 77.6 Å². The van der Waals surface area contributed by atoms with E-state index in [1.807, 2.05) is 152 Å². The number of unbranched alkanes of at least 4 members (excludes halogenated alkanes) is 1. The number of nitrogen functional groups attached to an aromatic ring is 2. The summed E-state index contributed by atoms with van der Waals surface area (Å²) in [4.78, 5) is 13.0. The number of ketones is 1. The van der Waals surface area contributed by atoms with E-state index in [4.69, 9.17) is 150 Å². The van der Waals surface area contributed by atoms with Gasteiger partial charge < -0.3 is 47.6 Å². The third-order valence-corrected chi connectivity index (χ3v) is 13.5. The number of nitrogens with one attached hydrogen (secondary N) is 2. The van der Waals surface area contributed by atoms with Crippen LogP contribution >= 0.6 is 15.9 Å². The third kappa shape index (κ3) is 142. The fraction of sp³-hybridized carbons (Fsp3) is 0.571. The van der Waals surface area contributed by atoms with E-state index in [1.54, 1.807) is 0 Å². The minimum absolute atomic E-state index is 0. The van der Waals surface area contributed by atoms with Gasteiger partial charge in [0.15, 0.2) is 0 Å². The van der Waals surface area contributed by atoms with Gasteiger partial charge in [-0.25, -0.2) is 0 Å². The molecule has 3 unspecified atom stereocenters. The number of nitrogens with two attached hydrogens (primary N) is 4. The summed E-state index contributed by atoms with van der Waals surface area (Å²) < 4.78 is 265. The van der Waals surface area contributed by atoms with Crippen molar-refractivity contribution in [2.24, 2.45) is 15.3 Å². The topological polar surface area (TPSA) is 227 Å². The summed E-state index contributed by atoms with van der Waals surface area (Å²) in [7, 11) is -1.18. The SMILES string of the molecule is CC(C)(C)[S+](N)[O-].CC(C)(N)c1ccc(N)cc1.CC(C)(N[S+]([O-])C(C)(C)C)c1ccc(N)cc1.CC(C)=N[S+]([O-])C(C)(C)C.CC(C)=O.C[Si](C)(C)Nc1ccc(Br)cc1.F.F.FF.FF.FF.FF.FF.FF.FF.FF.FF.FF.FF.FF.FF.FF.[CH2-]CCC.[H+].[Li+]. The van der Waals surface area contributed by atoms with E-state index >= 15 is 0 Å². The maximum absolute atomic E-state index is 12.1. The van der Waals surface area contributed by atoms with Crippen LogP contribution in [0.25, 0.3) is 0 Å². The van der Waals surface area contributed by atoms with Crippen molar-refractivity contribution in [2.45, 2.75) is 182 Å². The standard InChI is InChI=1S/C13H22N2OS.C9H14BrNSi.C9H14N2.C7H15NOS.C4H11NOS.C4H9.C3H6O.14F2.2FH.Li/c1-12(2,3)17(16)15-13(4,5)10-6-8-11(14)9-7-10;1-12(2,3)11-9-6-4-8(10)5-7-9;1-9(2,11)7-3-5-8(10)6-4-7;1-6(2)8-10(9)7(3,4)5;1-4(2,3)7(5)6;1-3-4-2;1-3(2)4;14*1-2;;;/h6-9,15H,14H2,1-5H3;4-7,11H,1-3H3;3-6H,10-11H2,1-2H3;1-5H3;5H2,1-3H3;1,3-4H2,2H3;1-2H3;;;;;;;;;;;;;;;2*1H;/q;;;;;-1;;;;;;;;;;;;;;;;;;+1/p+1. The molecule has 0 aliphatic carbocycles. The fourth-order valence-corrected chi connectivity index (χ4v) is 6.32. The Labute approximate surface area is 574 Å². The Hall–Kier alpha value is -3.60. The zero-order valence-electron chi connectivity index (χ0n) is 57.4. The molecule has 0 aromatic heterocycles. The zero-order valence-corrected chi connectivity index (χ0v) is 61.5. The maximum atomic E-state index is 12.1. The number of hydrogen-bond donors (Lipinski definition) is 6. The molecule has 3 aromatic carbocycles. The number of carbonyl (C=O) groups excluding carboxylic acids is 1. The number of anilines is 3. The second-order valence-electron chi connectivity index (χ2n) is 20.5. The molecule has 0 amide bonds. The van der Waals surface area contributed by atoms with Crippen LogP contribution in [-0.4, -0.2) is 47.6 Å². The summed E-state index contributed by atoms with van der Waals surface area (Å²) in [6, 6.07) is 23.6. The monoisotopic (exact) mass is 1620 g/mol. The summed E-state index contributed by atoms with van der Waals surface area (Å²) in [5.74, 6) is 0.167. The average molecular weight is 1630 g/mol. The minimum atomic E-state index is -1.18. The van der Waals surface area contributed by atoms with Crippen LogP contribution in [0.4, 0.5) is 155 Å². The second-order valence-corrected chi connectivity index (χ2v) is 31.9. The smallest absolute Gasteiger partial charge is 0.598 e. The van der Waals surface area contributed by atoms with Crippen LogP contribution in [0.15, 0.2) is 81.7 Å². The molecule has 3 rings (SSSR count). The molecular formula is C49H94BrF30LiN7O4S3Si+. The van der Waals surface area contributed by atoms with Gasteiger partial charge in [0.05, 0.1) is 11.3 Å². The molecule has 96 heavy (non-hydrogen) atoms. The van der Waals surface area contributed by atoms with Crippen LogP contribution in [0.3, 0.4) is 0 Å². The summed E-state index contributed by atoms with van der Waals surface area (Å²) >= 11 is 0.0524. The number of benzene rings is 3. The summed E-state index contributed by atoms with van der Waals surface area (Å²) in [6.45, 7) is 44.4. The van der Waals surface area contributed by atoms with Gasteiger partial charge in [-0.15, -0.1) is 4.72 Å². The molecule has 0 fully saturated rings. The van der Waals surface area contributed by atoms with Crippen LogP contribution in [0.2, 0.25) is 19.6 Å². The molecule has 0 saturated carbocycles. The Balaban J connectivity index is -0.0000000324. The molecule has 0 heterocycles. The average Bonchev–Trinajstić information content (AvgIpc) is 2.66. The van der Waals surface area contributed by atoms with E-state index in [9.17, 15) is 18.5 Å². The quantitative estimate of drug-likeness (QED) is 0.0312. The van der Waals surface area contributed by atoms with E-state index in [0.29, 0.717) is 0 Å². The molecule has 0 bridgehead atoms. The number of rotatable bonds is 8. The molecule has 0 aliphatic rings. The van der Waals surface area contributed by atoms with Crippen molar-refractivity contribution in [1.82, 2.24) is 4.72 Å². The first kappa shape index (κ1) is 151. The molecule has 3 aromatic rings. The van der Waals surface area contributed by atoms with Gasteiger partial charge in [0.2, 0.25) is 0 Å². The Morgan fingerprint density at radius 2 is 0.750 bits per heavy atom. The zero-order chi connectivity index (χ0) is 80.4. The van der Waals surface area contributed by atoms with Crippen LogP contribution in [0, 0.1) is 6.92 Å². The Bertz CT molecular complexity index is 1810. The molecule has 588 valence electrons. The van der Waals surface area contributed by atoms with Gasteiger partial charge in [0, 0.05) is 178 Å². The van der Waals surface area contributed by atoms with Gasteiger partial charge in [-0.2, -0.15) is 11.6 Å². The molecule has 47 heteroatoms. The first-order valence-corrected chi connectivity index (χ1v) is 31.4. The molecule has 0 radical (unpaired) electrons. The molecular weight excluding hydrogens is 1530 g/mol. The van der Waals surface area contributed by atoms with Gasteiger partial charge >= 0.3 is 20.3 Å². The molecule has 11 nitrogen and oxygen atoms in total. The van der Waals surface area contributed by atoms with Crippen molar-refractivity contribution in [3.8, 4) is 0 Å². The minimum Gasteiger partial charge on any atom is -0.598 e. The van der Waals surface area contributed by atoms with E-state index in [2.05, 4.69) is 87.8 Å². The number of carbonyl (C=O) groups is 1. The van der Waals surface area contributed by atoms with Crippen LogP contribution in [0.5, 0.6) is 0 Å². The van der Waals surface area contributed by atoms with Crippen LogP contribution < -0.4 is 50.9 Å². The molecule has 0 spiro atoms. The first-order chi connectivity index (χ1) is 43.0. The molecule has 3 atom stereocenters. The largest absolute Gasteiger partial charge is 1.00 e. The number of Topliss-reactive ketones (excluding diaryl/α,β-unsaturated/α-hetero) is 1. The Morgan fingerprint density at radius 3 is 0.906 bits per heavy atom. The van der Waals surface area contributed by atoms with Crippen molar-refractivity contribution in [2.75, 3.05) is 16.4 Å². The van der Waals surface area contributed by atoms with E-state index in [-0.39, 0.29) is 60.8 Å². The van der Waals surface area contributed by atoms with E-state index in [0.717, 1.165) is 39.1 Å². The predicted octanol–water partition coefficient (Wildman–Crippen LogP) is 21.5. The number of halogens is 31. The van der Waals surface area contributed by atoms with Crippen LogP contribution in [0.1, 0.15) is 150 Å². The fourth-order valence-electron chi connectivity index (χ4n) is 3.53. The summed E-state index contributed by atoms with van der Waals surface area (Å²) in [5.41, 5.74) is 22.2. The molecule has 0 saturated heterocycles. The molecule has 0 aliphatic heterocycles. The van der Waals surface area contributed by atoms with Crippen molar-refractivity contribution in [1.29, 1.82) is 0 Å². The Kier molecular flexibility index (Phi) is 174. The second kappa shape index (κ2) is 110. The van der Waals surface area contributed by atoms with Crippen molar-refractivity contribution in [3.05, 3.63) is 95.3 Å². The van der Waals surface area contributed by atoms with E-state index in [1.165, 1.54) is 26.0 Å². The van der Waals surface area contributed by atoms with Crippen molar-refractivity contribution < 1.29 is 176 Å². The van der Waals surface area contributed by atoms with Gasteiger partial charge in [0.25, 0.3) is 0 Å². The number of nitrogens with zero attached hydrogens (tertiary/aromatic N) is 1.